The highest BCUT2D eigenvalue weighted by atomic mass is 14.0. The maximum atomic E-state index is 3.63. The van der Waals surface area contributed by atoms with Gasteiger partial charge in [0, 0.05) is 0 Å². The van der Waals surface area contributed by atoms with Crippen LogP contribution in [0.25, 0.3) is 5.57 Å². The second-order valence-electron chi connectivity index (χ2n) is 3.10. The van der Waals surface area contributed by atoms with Crippen molar-refractivity contribution in [2.24, 2.45) is 0 Å². The highest BCUT2D eigenvalue weighted by Crippen LogP contribution is 2.16. The number of aryl methyl sites for hydroxylation is 2. The summed E-state index contributed by atoms with van der Waals surface area (Å²) in [7, 11) is 0. The van der Waals surface area contributed by atoms with Crippen LogP contribution in [0.1, 0.15) is 23.6 Å². The van der Waals surface area contributed by atoms with Crippen molar-refractivity contribution in [1.29, 1.82) is 0 Å². The fraction of sp³-hybridized carbons (Fsp3) is 0.250. The van der Waals surface area contributed by atoms with Crippen LogP contribution in [0.3, 0.4) is 0 Å². The van der Waals surface area contributed by atoms with Gasteiger partial charge in [-0.2, -0.15) is 0 Å². The first-order valence-electron chi connectivity index (χ1n) is 4.09. The number of rotatable bonds is 1. The molecule has 0 atom stereocenters. The minimum atomic E-state index is 1.11. The van der Waals surface area contributed by atoms with Gasteiger partial charge >= 0.3 is 0 Å². The van der Waals surface area contributed by atoms with Crippen LogP contribution in [0.2, 0.25) is 0 Å². The number of hydrogen-bond acceptors (Lipinski definition) is 0. The molecule has 1 aromatic carbocycles. The second-order valence-corrected chi connectivity index (χ2v) is 3.10. The summed E-state index contributed by atoms with van der Waals surface area (Å²) >= 11 is 0. The van der Waals surface area contributed by atoms with Crippen LogP contribution in [-0.4, -0.2) is 0 Å². The Morgan fingerprint density at radius 2 is 1.92 bits per heavy atom. The summed E-state index contributed by atoms with van der Waals surface area (Å²) in [5.74, 6) is 0. The minimum absolute atomic E-state index is 1.11. The maximum absolute atomic E-state index is 3.63. The molecule has 0 heteroatoms. The van der Waals surface area contributed by atoms with Crippen molar-refractivity contribution in [3.05, 3.63) is 47.2 Å². The molecule has 0 nitrogen and oxygen atoms in total. The molecule has 0 saturated heterocycles. The molecule has 0 aromatic heterocycles. The Morgan fingerprint density at radius 1 is 1.25 bits per heavy atom. The van der Waals surface area contributed by atoms with E-state index in [1.54, 1.807) is 0 Å². The predicted octanol–water partition coefficient (Wildman–Crippen LogP) is 3.49. The third-order valence-corrected chi connectivity index (χ3v) is 2.21. The lowest BCUT2D eigenvalue weighted by atomic mass is 10.0. The Labute approximate surface area is 74.2 Å². The fourth-order valence-corrected chi connectivity index (χ4v) is 1.08. The molecule has 1 rings (SSSR count). The lowest BCUT2D eigenvalue weighted by Gasteiger charge is -2.03. The SMILES string of the molecule is C=C=C(C)c1ccc(C)c(C)c1. The second kappa shape index (κ2) is 3.42. The highest BCUT2D eigenvalue weighted by molar-refractivity contribution is 5.63. The summed E-state index contributed by atoms with van der Waals surface area (Å²) in [6.45, 7) is 9.89. The smallest absolute Gasteiger partial charge is 0.00251 e. The number of benzene rings is 1. The fourth-order valence-electron chi connectivity index (χ4n) is 1.08. The van der Waals surface area contributed by atoms with Crippen molar-refractivity contribution in [2.75, 3.05) is 0 Å². The molecule has 12 heavy (non-hydrogen) atoms. The summed E-state index contributed by atoms with van der Waals surface area (Å²) in [5, 5.41) is 0. The van der Waals surface area contributed by atoms with Gasteiger partial charge in [-0.15, -0.1) is 5.73 Å². The van der Waals surface area contributed by atoms with Crippen LogP contribution in [-0.2, 0) is 0 Å². The summed E-state index contributed by atoms with van der Waals surface area (Å²) in [6, 6.07) is 6.41. The van der Waals surface area contributed by atoms with Gasteiger partial charge in [0.1, 0.15) is 0 Å². The van der Waals surface area contributed by atoms with E-state index in [4.69, 9.17) is 0 Å². The van der Waals surface area contributed by atoms with E-state index in [9.17, 15) is 0 Å². The molecule has 0 amide bonds. The molecule has 0 unspecified atom stereocenters. The molecule has 0 aliphatic carbocycles. The first-order valence-corrected chi connectivity index (χ1v) is 4.09. The molecule has 0 heterocycles. The normalized spacial score (nSPS) is 9.25. The average molecular weight is 158 g/mol. The number of allylic oxidation sites excluding steroid dienone is 1. The third kappa shape index (κ3) is 1.66. The predicted molar refractivity (Wildman–Crippen MR) is 54.1 cm³/mol. The third-order valence-electron chi connectivity index (χ3n) is 2.21. The average Bonchev–Trinajstić information content (AvgIpc) is 2.08. The van der Waals surface area contributed by atoms with Crippen molar-refractivity contribution in [1.82, 2.24) is 0 Å². The van der Waals surface area contributed by atoms with Gasteiger partial charge in [0.05, 0.1) is 0 Å². The zero-order chi connectivity index (χ0) is 9.14. The molecule has 0 bridgehead atoms. The van der Waals surface area contributed by atoms with E-state index in [0.29, 0.717) is 0 Å². The molecule has 62 valence electrons. The maximum Gasteiger partial charge on any atom is -0.00251 e. The van der Waals surface area contributed by atoms with Crippen LogP contribution in [0.15, 0.2) is 30.5 Å². The van der Waals surface area contributed by atoms with Crippen LogP contribution >= 0.6 is 0 Å². The molecular formula is C12H14. The zero-order valence-corrected chi connectivity index (χ0v) is 7.94. The van der Waals surface area contributed by atoms with Gasteiger partial charge in [-0.3, -0.25) is 0 Å². The topological polar surface area (TPSA) is 0 Å². The Bertz CT molecular complexity index is 339. The first-order chi connectivity index (χ1) is 5.65. The molecule has 1 aromatic rings. The zero-order valence-electron chi connectivity index (χ0n) is 7.94. The van der Waals surface area contributed by atoms with E-state index in [-0.39, 0.29) is 0 Å². The van der Waals surface area contributed by atoms with Gasteiger partial charge in [-0.05, 0) is 43.0 Å². The largest absolute Gasteiger partial charge is 0.125 e. The summed E-state index contributed by atoms with van der Waals surface area (Å²) in [4.78, 5) is 0. The minimum Gasteiger partial charge on any atom is -0.125 e. The quantitative estimate of drug-likeness (QED) is 0.549. The Balaban J connectivity index is 3.22. The van der Waals surface area contributed by atoms with Gasteiger partial charge in [-0.25, -0.2) is 0 Å². The first kappa shape index (κ1) is 8.83. The van der Waals surface area contributed by atoms with Crippen LogP contribution < -0.4 is 0 Å². The van der Waals surface area contributed by atoms with Crippen LogP contribution in [0, 0.1) is 13.8 Å². The Morgan fingerprint density at radius 3 is 2.42 bits per heavy atom. The van der Waals surface area contributed by atoms with Crippen LogP contribution in [0.4, 0.5) is 0 Å². The van der Waals surface area contributed by atoms with Gasteiger partial charge in [0.2, 0.25) is 0 Å². The van der Waals surface area contributed by atoms with E-state index in [1.807, 2.05) is 6.92 Å². The van der Waals surface area contributed by atoms with E-state index in [0.717, 1.165) is 5.57 Å². The summed E-state index contributed by atoms with van der Waals surface area (Å²) < 4.78 is 0. The van der Waals surface area contributed by atoms with Crippen LogP contribution in [0.5, 0.6) is 0 Å². The lowest BCUT2D eigenvalue weighted by Crippen LogP contribution is -1.83. The van der Waals surface area contributed by atoms with E-state index in [2.05, 4.69) is 44.4 Å². The molecule has 0 radical (unpaired) electrons. The van der Waals surface area contributed by atoms with E-state index in [1.165, 1.54) is 16.7 Å². The highest BCUT2D eigenvalue weighted by Gasteiger charge is 1.96. The van der Waals surface area contributed by atoms with Crippen molar-refractivity contribution >= 4 is 5.57 Å². The molecule has 0 spiro atoms. The molecule has 0 N–H and O–H groups in total. The molecule has 0 aliphatic heterocycles. The van der Waals surface area contributed by atoms with Crippen molar-refractivity contribution in [3.8, 4) is 0 Å². The summed E-state index contributed by atoms with van der Waals surface area (Å²) in [5.41, 5.74) is 7.87. The van der Waals surface area contributed by atoms with Crippen molar-refractivity contribution < 1.29 is 0 Å². The number of hydrogen-bond donors (Lipinski definition) is 0. The van der Waals surface area contributed by atoms with E-state index < -0.39 is 0 Å². The Hall–Kier alpha value is -1.26. The molecular weight excluding hydrogens is 144 g/mol. The molecule has 0 fully saturated rings. The standard InChI is InChI=1S/C12H14/c1-5-9(2)12-7-6-10(3)11(4)8-12/h6-8H,1H2,2-4H3. The van der Waals surface area contributed by atoms with Crippen molar-refractivity contribution in [2.45, 2.75) is 20.8 Å². The van der Waals surface area contributed by atoms with Crippen molar-refractivity contribution in [3.63, 3.8) is 0 Å². The van der Waals surface area contributed by atoms with Gasteiger partial charge < -0.3 is 0 Å². The van der Waals surface area contributed by atoms with Gasteiger partial charge in [-0.1, -0.05) is 24.8 Å². The monoisotopic (exact) mass is 158 g/mol. The van der Waals surface area contributed by atoms with E-state index >= 15 is 0 Å². The lowest BCUT2D eigenvalue weighted by molar-refractivity contribution is 1.33. The Kier molecular flexibility index (Phi) is 2.52. The van der Waals surface area contributed by atoms with Gasteiger partial charge in [0.15, 0.2) is 0 Å². The van der Waals surface area contributed by atoms with Gasteiger partial charge in [0.25, 0.3) is 0 Å². The summed E-state index contributed by atoms with van der Waals surface area (Å²) in [6.07, 6.45) is 0. The molecule has 0 saturated carbocycles. The molecule has 0 aliphatic rings.